The molecular formula is C25H24N4O3. The summed E-state index contributed by atoms with van der Waals surface area (Å²) < 4.78 is 6.66. The molecule has 2 aromatic heterocycles. The molecule has 0 atom stereocenters. The Hall–Kier alpha value is -4.00. The van der Waals surface area contributed by atoms with Crippen LogP contribution in [0.1, 0.15) is 16.8 Å². The molecule has 1 amide bonds. The van der Waals surface area contributed by atoms with E-state index in [1.165, 1.54) is 9.58 Å². The molecule has 4 aromatic rings. The predicted molar refractivity (Wildman–Crippen MR) is 124 cm³/mol. The van der Waals surface area contributed by atoms with Crippen molar-refractivity contribution in [3.05, 3.63) is 94.2 Å². The first-order valence-electron chi connectivity index (χ1n) is 10.3. The van der Waals surface area contributed by atoms with Crippen LogP contribution in [-0.2, 0) is 17.8 Å². The molecule has 0 saturated carbocycles. The number of nitrogens with zero attached hydrogens (tertiary/aromatic N) is 4. The first-order valence-corrected chi connectivity index (χ1v) is 10.3. The number of benzene rings is 2. The highest BCUT2D eigenvalue weighted by atomic mass is 16.5. The highest BCUT2D eigenvalue weighted by molar-refractivity contribution is 5.94. The number of anilines is 1. The maximum atomic E-state index is 13.1. The van der Waals surface area contributed by atoms with E-state index < -0.39 is 0 Å². The quantitative estimate of drug-likeness (QED) is 0.471. The molecule has 7 nitrogen and oxygen atoms in total. The summed E-state index contributed by atoms with van der Waals surface area (Å²) in [5.41, 5.74) is 3.10. The van der Waals surface area contributed by atoms with Crippen molar-refractivity contribution in [1.29, 1.82) is 0 Å². The van der Waals surface area contributed by atoms with E-state index in [-0.39, 0.29) is 18.0 Å². The van der Waals surface area contributed by atoms with Gasteiger partial charge in [0, 0.05) is 31.2 Å². The molecule has 0 bridgehead atoms. The van der Waals surface area contributed by atoms with E-state index in [2.05, 4.69) is 10.1 Å². The van der Waals surface area contributed by atoms with E-state index in [9.17, 15) is 9.59 Å². The number of methoxy groups -OCH3 is 1. The number of likely N-dealkylation sites (N-methyl/N-ethyl adjacent to an activating group) is 1. The van der Waals surface area contributed by atoms with Crippen LogP contribution in [0.4, 0.5) is 5.69 Å². The Morgan fingerprint density at radius 1 is 1.06 bits per heavy atom. The maximum absolute atomic E-state index is 13.1. The van der Waals surface area contributed by atoms with Gasteiger partial charge in [-0.05, 0) is 48.4 Å². The van der Waals surface area contributed by atoms with Crippen LogP contribution in [0.2, 0.25) is 0 Å². The molecule has 0 unspecified atom stereocenters. The minimum atomic E-state index is -0.294. The average Bonchev–Trinajstić information content (AvgIpc) is 2.82. The molecule has 4 rings (SSSR count). The van der Waals surface area contributed by atoms with Gasteiger partial charge in [0.25, 0.3) is 5.56 Å². The summed E-state index contributed by atoms with van der Waals surface area (Å²) in [7, 11) is 3.23. The van der Waals surface area contributed by atoms with E-state index in [0.717, 1.165) is 22.2 Å². The van der Waals surface area contributed by atoms with Crippen LogP contribution in [0.15, 0.2) is 71.8 Å². The van der Waals surface area contributed by atoms with Crippen LogP contribution in [-0.4, -0.2) is 34.8 Å². The summed E-state index contributed by atoms with van der Waals surface area (Å²) in [6.07, 6.45) is 3.97. The molecule has 7 heteroatoms. The Bertz CT molecular complexity index is 1330. The molecule has 0 spiro atoms. The van der Waals surface area contributed by atoms with Gasteiger partial charge in [0.1, 0.15) is 12.3 Å². The standard InChI is InChI=1S/C25H24N4O3/c1-17-8-9-23(32-3)22(14-17)28(2)24(30)16-29-25(31)20-7-5-4-6-19(20)21(27-29)15-18-10-12-26-13-11-18/h4-14H,15-16H2,1-3H3. The molecule has 0 aliphatic heterocycles. The fourth-order valence-electron chi connectivity index (χ4n) is 3.67. The molecule has 0 fully saturated rings. The van der Waals surface area contributed by atoms with Crippen LogP contribution in [0, 0.1) is 6.92 Å². The maximum Gasteiger partial charge on any atom is 0.275 e. The third-order valence-corrected chi connectivity index (χ3v) is 5.42. The van der Waals surface area contributed by atoms with E-state index >= 15 is 0 Å². The minimum Gasteiger partial charge on any atom is -0.495 e. The number of hydrogen-bond donors (Lipinski definition) is 0. The van der Waals surface area contributed by atoms with Crippen molar-refractivity contribution in [3.8, 4) is 5.75 Å². The van der Waals surface area contributed by atoms with Crippen molar-refractivity contribution in [2.75, 3.05) is 19.1 Å². The summed E-state index contributed by atoms with van der Waals surface area (Å²) in [5, 5.41) is 5.90. The highest BCUT2D eigenvalue weighted by Crippen LogP contribution is 2.28. The van der Waals surface area contributed by atoms with Crippen molar-refractivity contribution in [2.24, 2.45) is 0 Å². The fourth-order valence-corrected chi connectivity index (χ4v) is 3.67. The van der Waals surface area contributed by atoms with Gasteiger partial charge in [0.2, 0.25) is 5.91 Å². The third kappa shape index (κ3) is 4.23. The molecule has 0 aliphatic carbocycles. The van der Waals surface area contributed by atoms with Crippen LogP contribution < -0.4 is 15.2 Å². The van der Waals surface area contributed by atoms with Gasteiger partial charge < -0.3 is 9.64 Å². The second kappa shape index (κ2) is 9.01. The van der Waals surface area contributed by atoms with Crippen LogP contribution in [0.3, 0.4) is 0 Å². The smallest absolute Gasteiger partial charge is 0.275 e. The molecule has 0 aliphatic rings. The number of carbonyl (C=O) groups excluding carboxylic acids is 1. The second-order valence-electron chi connectivity index (χ2n) is 7.62. The van der Waals surface area contributed by atoms with Crippen molar-refractivity contribution in [3.63, 3.8) is 0 Å². The zero-order valence-corrected chi connectivity index (χ0v) is 18.3. The molecule has 162 valence electrons. The number of pyridine rings is 1. The van der Waals surface area contributed by atoms with Crippen molar-refractivity contribution in [1.82, 2.24) is 14.8 Å². The number of aromatic nitrogens is 3. The van der Waals surface area contributed by atoms with Crippen molar-refractivity contribution >= 4 is 22.4 Å². The Kier molecular flexibility index (Phi) is 5.98. The number of ether oxygens (including phenoxy) is 1. The Balaban J connectivity index is 1.71. The lowest BCUT2D eigenvalue weighted by atomic mass is 10.1. The number of carbonyl (C=O) groups is 1. The highest BCUT2D eigenvalue weighted by Gasteiger charge is 2.19. The van der Waals surface area contributed by atoms with E-state index in [0.29, 0.717) is 23.2 Å². The van der Waals surface area contributed by atoms with E-state index in [1.54, 1.807) is 32.6 Å². The number of amides is 1. The lowest BCUT2D eigenvalue weighted by Gasteiger charge is -2.21. The van der Waals surface area contributed by atoms with Gasteiger partial charge in [-0.1, -0.05) is 24.3 Å². The zero-order chi connectivity index (χ0) is 22.7. The van der Waals surface area contributed by atoms with Crippen LogP contribution in [0.5, 0.6) is 5.75 Å². The lowest BCUT2D eigenvalue weighted by Crippen LogP contribution is -2.35. The molecule has 0 radical (unpaired) electrons. The van der Waals surface area contributed by atoms with Gasteiger partial charge in [-0.2, -0.15) is 5.10 Å². The lowest BCUT2D eigenvalue weighted by molar-refractivity contribution is -0.119. The number of rotatable bonds is 6. The third-order valence-electron chi connectivity index (χ3n) is 5.42. The summed E-state index contributed by atoms with van der Waals surface area (Å²) in [4.78, 5) is 31.8. The Morgan fingerprint density at radius 2 is 1.78 bits per heavy atom. The average molecular weight is 428 g/mol. The normalized spacial score (nSPS) is 10.8. The number of fused-ring (bicyclic) bond motifs is 1. The van der Waals surface area contributed by atoms with E-state index in [1.807, 2.05) is 55.5 Å². The molecule has 0 saturated heterocycles. The van der Waals surface area contributed by atoms with E-state index in [4.69, 9.17) is 4.74 Å². The van der Waals surface area contributed by atoms with Gasteiger partial charge in [-0.15, -0.1) is 0 Å². The van der Waals surface area contributed by atoms with Gasteiger partial charge in [-0.25, -0.2) is 4.68 Å². The molecule has 2 heterocycles. The van der Waals surface area contributed by atoms with Gasteiger partial charge in [0.05, 0.1) is 23.9 Å². The Labute approximate surface area is 185 Å². The van der Waals surface area contributed by atoms with Gasteiger partial charge in [-0.3, -0.25) is 14.6 Å². The summed E-state index contributed by atoms with van der Waals surface area (Å²) in [5.74, 6) is 0.317. The number of aryl methyl sites for hydroxylation is 1. The first kappa shape index (κ1) is 21.2. The Morgan fingerprint density at radius 3 is 2.50 bits per heavy atom. The SMILES string of the molecule is COc1ccc(C)cc1N(C)C(=O)Cn1nc(Cc2ccncc2)c2ccccc2c1=O. The molecular weight excluding hydrogens is 404 g/mol. The van der Waals surface area contributed by atoms with Crippen LogP contribution in [0.25, 0.3) is 10.8 Å². The van der Waals surface area contributed by atoms with Crippen molar-refractivity contribution in [2.45, 2.75) is 19.9 Å². The zero-order valence-electron chi connectivity index (χ0n) is 18.3. The number of hydrogen-bond acceptors (Lipinski definition) is 5. The fraction of sp³-hybridized carbons (Fsp3) is 0.200. The molecule has 0 N–H and O–H groups in total. The minimum absolute atomic E-state index is 0.180. The topological polar surface area (TPSA) is 77.3 Å². The second-order valence-corrected chi connectivity index (χ2v) is 7.62. The van der Waals surface area contributed by atoms with Crippen molar-refractivity contribution < 1.29 is 9.53 Å². The largest absolute Gasteiger partial charge is 0.495 e. The van der Waals surface area contributed by atoms with Gasteiger partial charge in [0.15, 0.2) is 0 Å². The molecule has 32 heavy (non-hydrogen) atoms. The predicted octanol–water partition coefficient (Wildman–Crippen LogP) is 3.36. The van der Waals surface area contributed by atoms with Crippen LogP contribution >= 0.6 is 0 Å². The summed E-state index contributed by atoms with van der Waals surface area (Å²) >= 11 is 0. The summed E-state index contributed by atoms with van der Waals surface area (Å²) in [6.45, 7) is 1.77. The summed E-state index contributed by atoms with van der Waals surface area (Å²) in [6, 6.07) is 16.8. The van der Waals surface area contributed by atoms with Gasteiger partial charge >= 0.3 is 0 Å². The first-order chi connectivity index (χ1) is 15.5. The molecule has 2 aromatic carbocycles. The monoisotopic (exact) mass is 428 g/mol.